The Hall–Kier alpha value is -3.80. The van der Waals surface area contributed by atoms with Crippen molar-refractivity contribution in [3.63, 3.8) is 0 Å². The van der Waals surface area contributed by atoms with Gasteiger partial charge in [0.1, 0.15) is 0 Å². The summed E-state index contributed by atoms with van der Waals surface area (Å²) >= 11 is 0. The molecule has 1 heterocycles. The summed E-state index contributed by atoms with van der Waals surface area (Å²) in [7, 11) is 0. The van der Waals surface area contributed by atoms with E-state index in [1.54, 1.807) is 6.07 Å². The van der Waals surface area contributed by atoms with Gasteiger partial charge in [0.2, 0.25) is 0 Å². The molecule has 3 aromatic carbocycles. The van der Waals surface area contributed by atoms with Crippen LogP contribution in [-0.2, 0) is 31.9 Å². The molecule has 6 heteroatoms. The molecule has 0 aromatic heterocycles. The second-order valence-electron chi connectivity index (χ2n) is 9.50. The first-order valence-corrected chi connectivity index (χ1v) is 12.9. The summed E-state index contributed by atoms with van der Waals surface area (Å²) in [5.74, 6) is -0.932. The van der Waals surface area contributed by atoms with Gasteiger partial charge in [-0.1, -0.05) is 42.5 Å². The Morgan fingerprint density at radius 2 is 1.41 bits per heavy atom. The highest BCUT2D eigenvalue weighted by atomic mass is 16.5. The van der Waals surface area contributed by atoms with E-state index in [4.69, 9.17) is 9.47 Å². The molecule has 0 unspecified atom stereocenters. The van der Waals surface area contributed by atoms with Crippen LogP contribution in [-0.4, -0.2) is 36.7 Å². The van der Waals surface area contributed by atoms with Crippen molar-refractivity contribution in [2.45, 2.75) is 58.8 Å². The molecule has 0 radical (unpaired) electrons. The standard InChI is InChI=1S/C31H32O6/c1-20(32)26-19-25-11-7-9-23-13-15-28(35)37-17-5-3-4-16-36-27(34)14-12-22-8-6-10-24(18-22)31(30(23)25)29(26)21(2)33/h6-11,18-19H,3-5,12-17H2,1-2H3. The van der Waals surface area contributed by atoms with Gasteiger partial charge in [0, 0.05) is 29.5 Å². The zero-order chi connectivity index (χ0) is 26.4. The Morgan fingerprint density at radius 1 is 0.730 bits per heavy atom. The molecule has 0 saturated heterocycles. The Labute approximate surface area is 217 Å². The molecular weight excluding hydrogens is 468 g/mol. The number of ether oxygens (including phenoxy) is 2. The lowest BCUT2D eigenvalue weighted by molar-refractivity contribution is -0.144. The van der Waals surface area contributed by atoms with E-state index in [1.165, 1.54) is 13.8 Å². The number of hydrogen-bond donors (Lipinski definition) is 0. The summed E-state index contributed by atoms with van der Waals surface area (Å²) in [5.41, 5.74) is 4.06. The fourth-order valence-corrected chi connectivity index (χ4v) is 4.94. The van der Waals surface area contributed by atoms with Gasteiger partial charge in [0.05, 0.1) is 13.2 Å². The Morgan fingerprint density at radius 3 is 2.08 bits per heavy atom. The molecule has 3 aromatic rings. The molecule has 0 spiro atoms. The third-order valence-electron chi connectivity index (χ3n) is 6.73. The first-order valence-electron chi connectivity index (χ1n) is 12.9. The second kappa shape index (κ2) is 12.0. The second-order valence-corrected chi connectivity index (χ2v) is 9.50. The number of ketones is 2. The highest BCUT2D eigenvalue weighted by Gasteiger charge is 2.23. The van der Waals surface area contributed by atoms with E-state index in [-0.39, 0.29) is 36.3 Å². The maximum Gasteiger partial charge on any atom is 0.306 e. The highest BCUT2D eigenvalue weighted by Crippen LogP contribution is 2.38. The lowest BCUT2D eigenvalue weighted by Gasteiger charge is -2.19. The maximum atomic E-state index is 13.0. The van der Waals surface area contributed by atoms with Gasteiger partial charge in [-0.25, -0.2) is 0 Å². The average molecular weight is 501 g/mol. The van der Waals surface area contributed by atoms with E-state index in [9.17, 15) is 19.2 Å². The molecule has 1 aliphatic rings. The molecule has 192 valence electrons. The van der Waals surface area contributed by atoms with Crippen molar-refractivity contribution >= 4 is 34.3 Å². The summed E-state index contributed by atoms with van der Waals surface area (Å²) in [6, 6.07) is 15.3. The summed E-state index contributed by atoms with van der Waals surface area (Å²) in [6.45, 7) is 3.61. The van der Waals surface area contributed by atoms with Crippen molar-refractivity contribution in [1.82, 2.24) is 0 Å². The van der Waals surface area contributed by atoms with Crippen LogP contribution in [0.2, 0.25) is 0 Å². The summed E-state index contributed by atoms with van der Waals surface area (Å²) in [4.78, 5) is 50.4. The van der Waals surface area contributed by atoms with Gasteiger partial charge in [-0.2, -0.15) is 0 Å². The van der Waals surface area contributed by atoms with Crippen LogP contribution in [0.3, 0.4) is 0 Å². The number of cyclic esters (lactones) is 2. The number of esters is 2. The van der Waals surface area contributed by atoms with E-state index in [0.29, 0.717) is 49.2 Å². The van der Waals surface area contributed by atoms with Gasteiger partial charge >= 0.3 is 11.9 Å². The zero-order valence-corrected chi connectivity index (χ0v) is 21.4. The number of carbonyl (C=O) groups is 4. The summed E-state index contributed by atoms with van der Waals surface area (Å²) < 4.78 is 10.8. The van der Waals surface area contributed by atoms with Crippen molar-refractivity contribution in [2.24, 2.45) is 0 Å². The normalized spacial score (nSPS) is 15.6. The fraction of sp³-hybridized carbons (Fsp3) is 0.355. The first kappa shape index (κ1) is 26.3. The minimum absolute atomic E-state index is 0.188. The van der Waals surface area contributed by atoms with Gasteiger partial charge in [0.15, 0.2) is 11.6 Å². The first-order chi connectivity index (χ1) is 17.8. The molecule has 6 nitrogen and oxygen atoms in total. The van der Waals surface area contributed by atoms with Crippen LogP contribution in [0.25, 0.3) is 21.9 Å². The van der Waals surface area contributed by atoms with E-state index in [1.807, 2.05) is 42.5 Å². The van der Waals surface area contributed by atoms with E-state index >= 15 is 0 Å². The minimum atomic E-state index is -0.281. The van der Waals surface area contributed by atoms with Crippen LogP contribution in [0.5, 0.6) is 0 Å². The van der Waals surface area contributed by atoms with Crippen LogP contribution in [0.1, 0.15) is 77.8 Å². The zero-order valence-electron chi connectivity index (χ0n) is 21.4. The summed E-state index contributed by atoms with van der Waals surface area (Å²) in [5, 5.41) is 1.68. The summed E-state index contributed by atoms with van der Waals surface area (Å²) in [6.07, 6.45) is 3.65. The number of carbonyl (C=O) groups excluding carboxylic acids is 4. The average Bonchev–Trinajstić information content (AvgIpc) is 2.88. The smallest absolute Gasteiger partial charge is 0.306 e. The largest absolute Gasteiger partial charge is 0.466 e. The van der Waals surface area contributed by atoms with Crippen LogP contribution >= 0.6 is 0 Å². The lowest BCUT2D eigenvalue weighted by Crippen LogP contribution is -2.10. The maximum absolute atomic E-state index is 13.0. The third-order valence-corrected chi connectivity index (χ3v) is 6.73. The molecular formula is C31H32O6. The van der Waals surface area contributed by atoms with Gasteiger partial charge < -0.3 is 9.47 Å². The predicted octanol–water partition coefficient (Wildman–Crippen LogP) is 6.05. The third kappa shape index (κ3) is 6.31. The molecule has 2 bridgehead atoms. The molecule has 1 aliphatic heterocycles. The molecule has 0 N–H and O–H groups in total. The molecule has 0 atom stereocenters. The number of fused-ring (bicyclic) bond motifs is 3. The molecule has 4 rings (SSSR count). The van der Waals surface area contributed by atoms with Gasteiger partial charge in [-0.3, -0.25) is 19.2 Å². The highest BCUT2D eigenvalue weighted by molar-refractivity contribution is 6.18. The Bertz CT molecular complexity index is 1350. The Balaban J connectivity index is 1.91. The lowest BCUT2D eigenvalue weighted by atomic mass is 9.84. The molecule has 37 heavy (non-hydrogen) atoms. The van der Waals surface area contributed by atoms with Crippen LogP contribution < -0.4 is 0 Å². The van der Waals surface area contributed by atoms with Crippen molar-refractivity contribution in [3.8, 4) is 11.1 Å². The number of aryl methyl sites for hydroxylation is 2. The van der Waals surface area contributed by atoms with Crippen molar-refractivity contribution in [3.05, 3.63) is 70.8 Å². The monoisotopic (exact) mass is 500 g/mol. The topological polar surface area (TPSA) is 86.7 Å². The van der Waals surface area contributed by atoms with Crippen LogP contribution in [0.15, 0.2) is 48.5 Å². The molecule has 0 aliphatic carbocycles. The van der Waals surface area contributed by atoms with E-state index in [2.05, 4.69) is 0 Å². The SMILES string of the molecule is CC(=O)c1cc2cccc3c2c(c1C(C)=O)-c1cccc(c1)CCC(=O)OCCCCCOC(=O)CC3. The van der Waals surface area contributed by atoms with Crippen LogP contribution in [0.4, 0.5) is 0 Å². The number of Topliss-reactive ketones (excluding diaryl/α,β-unsaturated/α-hetero) is 2. The van der Waals surface area contributed by atoms with Crippen molar-refractivity contribution in [1.29, 1.82) is 0 Å². The molecule has 0 amide bonds. The number of hydrogen-bond acceptors (Lipinski definition) is 6. The minimum Gasteiger partial charge on any atom is -0.466 e. The van der Waals surface area contributed by atoms with Gasteiger partial charge in [-0.15, -0.1) is 0 Å². The quantitative estimate of drug-likeness (QED) is 0.315. The number of benzene rings is 3. The van der Waals surface area contributed by atoms with Crippen molar-refractivity contribution in [2.75, 3.05) is 13.2 Å². The van der Waals surface area contributed by atoms with Crippen molar-refractivity contribution < 1.29 is 28.7 Å². The van der Waals surface area contributed by atoms with Gasteiger partial charge in [-0.05, 0) is 79.5 Å². The molecule has 0 saturated carbocycles. The van der Waals surface area contributed by atoms with E-state index in [0.717, 1.165) is 40.3 Å². The Kier molecular flexibility index (Phi) is 8.49. The van der Waals surface area contributed by atoms with Gasteiger partial charge in [0.25, 0.3) is 0 Å². The van der Waals surface area contributed by atoms with Crippen LogP contribution in [0, 0.1) is 0 Å². The predicted molar refractivity (Wildman–Crippen MR) is 142 cm³/mol. The van der Waals surface area contributed by atoms with E-state index < -0.39 is 0 Å². The molecule has 0 fully saturated rings. The fourth-order valence-electron chi connectivity index (χ4n) is 4.94. The number of rotatable bonds is 2.